The molecule has 3 N–H and O–H groups in total. The van der Waals surface area contributed by atoms with Gasteiger partial charge in [0.15, 0.2) is 0 Å². The van der Waals surface area contributed by atoms with Gasteiger partial charge in [-0.2, -0.15) is 0 Å². The van der Waals surface area contributed by atoms with Crippen molar-refractivity contribution >= 4 is 11.6 Å². The molecular weight excluding hydrogens is 289 g/mol. The Balaban J connectivity index is 2.21. The van der Waals surface area contributed by atoms with Crippen LogP contribution in [-0.2, 0) is 0 Å². The van der Waals surface area contributed by atoms with Crippen LogP contribution in [0.1, 0.15) is 51.2 Å². The summed E-state index contributed by atoms with van der Waals surface area (Å²) in [5.41, 5.74) is 5.87. The molecule has 0 saturated heterocycles. The molecule has 1 aliphatic rings. The van der Waals surface area contributed by atoms with Gasteiger partial charge in [-0.3, -0.25) is 0 Å². The summed E-state index contributed by atoms with van der Waals surface area (Å²) >= 11 is 5.78. The summed E-state index contributed by atoms with van der Waals surface area (Å²) in [6.45, 7) is 4.84. The number of hydrogen-bond acceptors (Lipinski definition) is 2. The van der Waals surface area contributed by atoms with E-state index in [0.29, 0.717) is 29.0 Å². The molecule has 0 aliphatic heterocycles. The van der Waals surface area contributed by atoms with Gasteiger partial charge in [0.25, 0.3) is 0 Å². The Bertz CT molecular complexity index is 484. The van der Waals surface area contributed by atoms with Crippen LogP contribution in [0, 0.1) is 23.1 Å². The van der Waals surface area contributed by atoms with E-state index in [1.54, 1.807) is 12.1 Å². The summed E-state index contributed by atoms with van der Waals surface area (Å²) in [6.07, 6.45) is 2.90. The van der Waals surface area contributed by atoms with Crippen molar-refractivity contribution in [3.05, 3.63) is 34.6 Å². The summed E-state index contributed by atoms with van der Waals surface area (Å²) in [5.74, 6) is 0.867. The van der Waals surface area contributed by atoms with E-state index in [4.69, 9.17) is 17.3 Å². The van der Waals surface area contributed by atoms with E-state index in [0.717, 1.165) is 25.7 Å². The highest BCUT2D eigenvalue weighted by molar-refractivity contribution is 6.30. The molecule has 1 saturated carbocycles. The average Bonchev–Trinajstić information content (AvgIpc) is 2.46. The maximum absolute atomic E-state index is 14.1. The number of hydrogen-bond donors (Lipinski definition) is 2. The standard InChI is InChI=1S/C17H25ClFNO/c1-11(2)12-5-7-17(10-20,8-6-12)16(21)14-4-3-13(18)9-15(14)19/h3-4,9,11-12,16,21H,5-8,10,20H2,1-2H3. The molecule has 0 bridgehead atoms. The van der Waals surface area contributed by atoms with Gasteiger partial charge in [-0.05, 0) is 49.7 Å². The molecule has 1 fully saturated rings. The molecule has 21 heavy (non-hydrogen) atoms. The largest absolute Gasteiger partial charge is 0.388 e. The van der Waals surface area contributed by atoms with Crippen molar-refractivity contribution in [2.24, 2.45) is 23.0 Å². The highest BCUT2D eigenvalue weighted by atomic mass is 35.5. The zero-order valence-corrected chi connectivity index (χ0v) is 13.5. The van der Waals surface area contributed by atoms with E-state index in [-0.39, 0.29) is 0 Å². The lowest BCUT2D eigenvalue weighted by molar-refractivity contribution is -0.0167. The van der Waals surface area contributed by atoms with Crippen molar-refractivity contribution in [3.8, 4) is 0 Å². The first-order valence-corrected chi connectivity index (χ1v) is 8.10. The molecule has 1 unspecified atom stereocenters. The molecule has 2 nitrogen and oxygen atoms in total. The van der Waals surface area contributed by atoms with Gasteiger partial charge in [-0.25, -0.2) is 4.39 Å². The average molecular weight is 314 g/mol. The molecule has 1 aromatic rings. The van der Waals surface area contributed by atoms with E-state index in [2.05, 4.69) is 13.8 Å². The van der Waals surface area contributed by atoms with Crippen LogP contribution >= 0.6 is 11.6 Å². The van der Waals surface area contributed by atoms with E-state index in [1.165, 1.54) is 6.07 Å². The minimum absolute atomic E-state index is 0.313. The second kappa shape index (κ2) is 6.64. The Kier molecular flexibility index (Phi) is 5.29. The molecule has 1 aliphatic carbocycles. The van der Waals surface area contributed by atoms with Gasteiger partial charge >= 0.3 is 0 Å². The predicted molar refractivity (Wildman–Crippen MR) is 84.7 cm³/mol. The quantitative estimate of drug-likeness (QED) is 0.870. The Morgan fingerprint density at radius 2 is 2.00 bits per heavy atom. The van der Waals surface area contributed by atoms with Crippen molar-refractivity contribution in [3.63, 3.8) is 0 Å². The Hall–Kier alpha value is -0.640. The van der Waals surface area contributed by atoms with Crippen molar-refractivity contribution in [2.45, 2.75) is 45.6 Å². The fourth-order valence-electron chi connectivity index (χ4n) is 3.52. The lowest BCUT2D eigenvalue weighted by Gasteiger charge is -2.44. The molecular formula is C17H25ClFNO. The maximum atomic E-state index is 14.1. The summed E-state index contributed by atoms with van der Waals surface area (Å²) < 4.78 is 14.1. The van der Waals surface area contributed by atoms with Crippen LogP contribution in [0.15, 0.2) is 18.2 Å². The molecule has 2 rings (SSSR count). The fourth-order valence-corrected chi connectivity index (χ4v) is 3.68. The summed E-state index contributed by atoms with van der Waals surface area (Å²) in [4.78, 5) is 0. The number of aliphatic hydroxyl groups is 1. The molecule has 1 aromatic carbocycles. The van der Waals surface area contributed by atoms with Crippen molar-refractivity contribution in [2.75, 3.05) is 6.54 Å². The van der Waals surface area contributed by atoms with Crippen molar-refractivity contribution in [1.29, 1.82) is 0 Å². The topological polar surface area (TPSA) is 46.2 Å². The Morgan fingerprint density at radius 3 is 2.48 bits per heavy atom. The van der Waals surface area contributed by atoms with E-state index < -0.39 is 17.3 Å². The number of nitrogens with two attached hydrogens (primary N) is 1. The fraction of sp³-hybridized carbons (Fsp3) is 0.647. The highest BCUT2D eigenvalue weighted by Gasteiger charge is 2.42. The summed E-state index contributed by atoms with van der Waals surface area (Å²) in [7, 11) is 0. The van der Waals surface area contributed by atoms with Crippen LogP contribution in [0.25, 0.3) is 0 Å². The van der Waals surface area contributed by atoms with Crippen LogP contribution in [0.3, 0.4) is 0 Å². The Labute approximate surface area is 131 Å². The molecule has 0 radical (unpaired) electrons. The lowest BCUT2D eigenvalue weighted by atomic mass is 9.64. The van der Waals surface area contributed by atoms with Crippen molar-refractivity contribution in [1.82, 2.24) is 0 Å². The first kappa shape index (κ1) is 16.7. The van der Waals surface area contributed by atoms with Gasteiger partial charge in [-0.1, -0.05) is 31.5 Å². The predicted octanol–water partition coefficient (Wildman–Crippen LogP) is 4.30. The molecule has 1 atom stereocenters. The molecule has 118 valence electrons. The van der Waals surface area contributed by atoms with Gasteiger partial charge in [0.2, 0.25) is 0 Å². The van der Waals surface area contributed by atoms with Crippen LogP contribution in [0.4, 0.5) is 4.39 Å². The van der Waals surface area contributed by atoms with Gasteiger partial charge in [0, 0.05) is 22.5 Å². The van der Waals surface area contributed by atoms with E-state index in [1.807, 2.05) is 0 Å². The smallest absolute Gasteiger partial charge is 0.130 e. The summed E-state index contributed by atoms with van der Waals surface area (Å²) in [6, 6.07) is 4.45. The van der Waals surface area contributed by atoms with Crippen LogP contribution in [0.5, 0.6) is 0 Å². The van der Waals surface area contributed by atoms with E-state index in [9.17, 15) is 9.50 Å². The first-order valence-electron chi connectivity index (χ1n) is 7.72. The van der Waals surface area contributed by atoms with Gasteiger partial charge < -0.3 is 10.8 Å². The molecule has 4 heteroatoms. The minimum Gasteiger partial charge on any atom is -0.388 e. The second-order valence-electron chi connectivity index (χ2n) is 6.72. The van der Waals surface area contributed by atoms with Crippen LogP contribution in [-0.4, -0.2) is 11.7 Å². The third-order valence-electron chi connectivity index (χ3n) is 5.21. The third kappa shape index (κ3) is 3.41. The number of rotatable bonds is 4. The zero-order chi connectivity index (χ0) is 15.6. The molecule has 0 spiro atoms. The highest BCUT2D eigenvalue weighted by Crippen LogP contribution is 2.48. The normalized spacial score (nSPS) is 27.9. The molecule has 0 amide bonds. The Morgan fingerprint density at radius 1 is 1.38 bits per heavy atom. The van der Waals surface area contributed by atoms with Gasteiger partial charge in [0.05, 0.1) is 6.10 Å². The molecule has 0 heterocycles. The SMILES string of the molecule is CC(C)C1CCC(CN)(C(O)c2ccc(Cl)cc2F)CC1. The summed E-state index contributed by atoms with van der Waals surface area (Å²) in [5, 5.41) is 11.1. The minimum atomic E-state index is -0.868. The number of halogens is 2. The van der Waals surface area contributed by atoms with Crippen LogP contribution in [0.2, 0.25) is 5.02 Å². The second-order valence-corrected chi connectivity index (χ2v) is 7.15. The third-order valence-corrected chi connectivity index (χ3v) is 5.45. The first-order chi connectivity index (χ1) is 9.89. The zero-order valence-electron chi connectivity index (χ0n) is 12.8. The van der Waals surface area contributed by atoms with E-state index >= 15 is 0 Å². The molecule has 0 aromatic heterocycles. The van der Waals surface area contributed by atoms with Gasteiger partial charge in [0.1, 0.15) is 5.82 Å². The number of aliphatic hydroxyl groups excluding tert-OH is 1. The van der Waals surface area contributed by atoms with Crippen molar-refractivity contribution < 1.29 is 9.50 Å². The monoisotopic (exact) mass is 313 g/mol. The van der Waals surface area contributed by atoms with Crippen LogP contribution < -0.4 is 5.73 Å². The number of benzene rings is 1. The lowest BCUT2D eigenvalue weighted by Crippen LogP contribution is -2.41. The maximum Gasteiger partial charge on any atom is 0.130 e. The van der Waals surface area contributed by atoms with Gasteiger partial charge in [-0.15, -0.1) is 0 Å².